The number of anilines is 1. The van der Waals surface area contributed by atoms with Crippen molar-refractivity contribution in [2.45, 2.75) is 39.3 Å². The summed E-state index contributed by atoms with van der Waals surface area (Å²) in [7, 11) is 2.06. The van der Waals surface area contributed by atoms with Gasteiger partial charge in [0.1, 0.15) is 0 Å². The van der Waals surface area contributed by atoms with Gasteiger partial charge in [0.05, 0.1) is 12.1 Å². The van der Waals surface area contributed by atoms with Crippen molar-refractivity contribution < 1.29 is 5.11 Å². The third-order valence-corrected chi connectivity index (χ3v) is 3.01. The van der Waals surface area contributed by atoms with Crippen molar-refractivity contribution in [2.24, 2.45) is 0 Å². The Kier molecular flexibility index (Phi) is 5.17. The monoisotopic (exact) mass is 250 g/mol. The van der Waals surface area contributed by atoms with Gasteiger partial charge in [-0.1, -0.05) is 26.0 Å². The van der Waals surface area contributed by atoms with E-state index >= 15 is 0 Å². The minimum Gasteiger partial charge on any atom is -0.394 e. The average molecular weight is 250 g/mol. The maximum Gasteiger partial charge on any atom is 0.0628 e. The summed E-state index contributed by atoms with van der Waals surface area (Å²) in [6, 6.07) is 8.77. The highest BCUT2D eigenvalue weighted by Crippen LogP contribution is 2.17. The quantitative estimate of drug-likeness (QED) is 0.812. The zero-order valence-corrected chi connectivity index (χ0v) is 12.2. The first-order valence-corrected chi connectivity index (χ1v) is 6.53. The molecule has 0 aromatic heterocycles. The Balaban J connectivity index is 2.75. The van der Waals surface area contributed by atoms with E-state index in [0.717, 1.165) is 6.54 Å². The van der Waals surface area contributed by atoms with Crippen LogP contribution in [-0.4, -0.2) is 36.9 Å². The minimum atomic E-state index is -0.285. The summed E-state index contributed by atoms with van der Waals surface area (Å²) in [6.45, 7) is 9.24. The van der Waals surface area contributed by atoms with Crippen LogP contribution in [0, 0.1) is 6.92 Å². The van der Waals surface area contributed by atoms with Crippen LogP contribution in [0.4, 0.5) is 5.69 Å². The molecule has 1 unspecified atom stereocenters. The van der Waals surface area contributed by atoms with E-state index in [0.29, 0.717) is 6.04 Å². The molecule has 2 N–H and O–H groups in total. The summed E-state index contributed by atoms with van der Waals surface area (Å²) in [5, 5.41) is 13.0. The Morgan fingerprint density at radius 3 is 2.56 bits per heavy atom. The van der Waals surface area contributed by atoms with E-state index in [9.17, 15) is 5.11 Å². The maximum atomic E-state index is 9.60. The Morgan fingerprint density at radius 1 is 1.39 bits per heavy atom. The summed E-state index contributed by atoms with van der Waals surface area (Å²) in [4.78, 5) is 2.18. The van der Waals surface area contributed by atoms with Gasteiger partial charge in [-0.25, -0.2) is 0 Å². The largest absolute Gasteiger partial charge is 0.394 e. The molecular weight excluding hydrogens is 224 g/mol. The molecule has 0 aliphatic carbocycles. The zero-order valence-electron chi connectivity index (χ0n) is 12.2. The van der Waals surface area contributed by atoms with Gasteiger partial charge in [-0.05, 0) is 31.5 Å². The molecule has 1 aromatic carbocycles. The summed E-state index contributed by atoms with van der Waals surface area (Å²) in [5.74, 6) is 0. The van der Waals surface area contributed by atoms with Crippen molar-refractivity contribution in [1.29, 1.82) is 0 Å². The number of aliphatic hydroxyl groups is 1. The molecular formula is C15H26N2O. The lowest BCUT2D eigenvalue weighted by Crippen LogP contribution is -2.55. The van der Waals surface area contributed by atoms with Crippen molar-refractivity contribution in [2.75, 3.05) is 25.1 Å². The normalized spacial score (nSPS) is 14.6. The average Bonchev–Trinajstić information content (AvgIpc) is 2.27. The van der Waals surface area contributed by atoms with Gasteiger partial charge in [-0.3, -0.25) is 0 Å². The van der Waals surface area contributed by atoms with Gasteiger partial charge in [0.25, 0.3) is 0 Å². The lowest BCUT2D eigenvalue weighted by molar-refractivity contribution is 0.170. The van der Waals surface area contributed by atoms with Crippen molar-refractivity contribution in [3.63, 3.8) is 0 Å². The number of likely N-dealkylation sites (N-methyl/N-ethyl adjacent to an activating group) is 1. The number of aliphatic hydroxyl groups excluding tert-OH is 1. The Bertz CT molecular complexity index is 379. The number of hydrogen-bond donors (Lipinski definition) is 2. The fourth-order valence-electron chi connectivity index (χ4n) is 2.32. The van der Waals surface area contributed by atoms with Crippen molar-refractivity contribution >= 4 is 5.69 Å². The predicted molar refractivity (Wildman–Crippen MR) is 78.2 cm³/mol. The molecule has 0 bridgehead atoms. The maximum absolute atomic E-state index is 9.60. The van der Waals surface area contributed by atoms with Crippen LogP contribution in [0.2, 0.25) is 0 Å². The van der Waals surface area contributed by atoms with E-state index < -0.39 is 0 Å². The van der Waals surface area contributed by atoms with Crippen LogP contribution in [0.3, 0.4) is 0 Å². The number of rotatable bonds is 6. The Morgan fingerprint density at radius 2 is 2.06 bits per heavy atom. The highest BCUT2D eigenvalue weighted by molar-refractivity contribution is 5.48. The molecule has 0 aliphatic heterocycles. The first kappa shape index (κ1) is 15.0. The molecule has 3 heteroatoms. The van der Waals surface area contributed by atoms with Crippen LogP contribution in [-0.2, 0) is 0 Å². The Hall–Kier alpha value is -1.06. The lowest BCUT2D eigenvalue weighted by atomic mass is 10.0. The molecule has 1 rings (SSSR count). The fourth-order valence-corrected chi connectivity index (χ4v) is 2.32. The first-order chi connectivity index (χ1) is 8.36. The molecule has 102 valence electrons. The molecule has 0 amide bonds. The first-order valence-electron chi connectivity index (χ1n) is 6.53. The third kappa shape index (κ3) is 4.31. The molecule has 1 aromatic rings. The van der Waals surface area contributed by atoms with Crippen LogP contribution < -0.4 is 10.2 Å². The highest BCUT2D eigenvalue weighted by Gasteiger charge is 2.25. The van der Waals surface area contributed by atoms with Crippen LogP contribution in [0.15, 0.2) is 24.3 Å². The van der Waals surface area contributed by atoms with Crippen LogP contribution in [0.5, 0.6) is 0 Å². The summed E-state index contributed by atoms with van der Waals surface area (Å²) in [6.07, 6.45) is 0. The van der Waals surface area contributed by atoms with Crippen LogP contribution in [0.25, 0.3) is 0 Å². The van der Waals surface area contributed by atoms with Gasteiger partial charge in [0, 0.05) is 25.3 Å². The van der Waals surface area contributed by atoms with Crippen LogP contribution >= 0.6 is 0 Å². The molecule has 0 spiro atoms. The fraction of sp³-hybridized carbons (Fsp3) is 0.600. The second kappa shape index (κ2) is 6.21. The van der Waals surface area contributed by atoms with Gasteiger partial charge >= 0.3 is 0 Å². The van der Waals surface area contributed by atoms with Crippen LogP contribution in [0.1, 0.15) is 26.3 Å². The molecule has 3 nitrogen and oxygen atoms in total. The van der Waals surface area contributed by atoms with E-state index in [1.165, 1.54) is 11.3 Å². The highest BCUT2D eigenvalue weighted by atomic mass is 16.3. The van der Waals surface area contributed by atoms with E-state index in [2.05, 4.69) is 69.2 Å². The number of aryl methyl sites for hydroxylation is 1. The topological polar surface area (TPSA) is 35.5 Å². The molecule has 0 heterocycles. The number of nitrogens with zero attached hydrogens (tertiary/aromatic N) is 1. The van der Waals surface area contributed by atoms with E-state index in [1.807, 2.05) is 0 Å². The molecule has 0 radical (unpaired) electrons. The lowest BCUT2D eigenvalue weighted by Gasteiger charge is -2.36. The molecule has 1 atom stereocenters. The third-order valence-electron chi connectivity index (χ3n) is 3.01. The minimum absolute atomic E-state index is 0.126. The summed E-state index contributed by atoms with van der Waals surface area (Å²) < 4.78 is 0. The zero-order chi connectivity index (χ0) is 13.8. The van der Waals surface area contributed by atoms with Crippen molar-refractivity contribution in [1.82, 2.24) is 5.32 Å². The van der Waals surface area contributed by atoms with E-state index in [1.54, 1.807) is 0 Å². The number of benzene rings is 1. The van der Waals surface area contributed by atoms with Gasteiger partial charge in [0.2, 0.25) is 0 Å². The number of hydrogen-bond acceptors (Lipinski definition) is 3. The van der Waals surface area contributed by atoms with Gasteiger partial charge in [-0.15, -0.1) is 0 Å². The molecule has 0 aliphatic rings. The van der Waals surface area contributed by atoms with Gasteiger partial charge < -0.3 is 15.3 Å². The SMILES string of the molecule is Cc1cccc(N(C)CC(C)(CO)NC(C)C)c1. The van der Waals surface area contributed by atoms with Crippen molar-refractivity contribution in [3.05, 3.63) is 29.8 Å². The smallest absolute Gasteiger partial charge is 0.0628 e. The molecule has 0 saturated heterocycles. The second-order valence-electron chi connectivity index (χ2n) is 5.71. The van der Waals surface area contributed by atoms with Crippen molar-refractivity contribution in [3.8, 4) is 0 Å². The molecule has 18 heavy (non-hydrogen) atoms. The predicted octanol–water partition coefficient (Wildman–Crippen LogP) is 2.18. The second-order valence-corrected chi connectivity index (χ2v) is 5.71. The van der Waals surface area contributed by atoms with Gasteiger partial charge in [-0.2, -0.15) is 0 Å². The summed E-state index contributed by atoms with van der Waals surface area (Å²) in [5.41, 5.74) is 2.15. The standard InChI is InChI=1S/C15H26N2O/c1-12(2)16-15(4,11-18)10-17(5)14-8-6-7-13(3)9-14/h6-9,12,16,18H,10-11H2,1-5H3. The molecule has 0 fully saturated rings. The molecule has 0 saturated carbocycles. The summed E-state index contributed by atoms with van der Waals surface area (Å²) >= 11 is 0. The Labute approximate surface area is 111 Å². The number of nitrogens with one attached hydrogen (secondary N) is 1. The van der Waals surface area contributed by atoms with Gasteiger partial charge in [0.15, 0.2) is 0 Å². The van der Waals surface area contributed by atoms with E-state index in [4.69, 9.17) is 0 Å². The van der Waals surface area contributed by atoms with E-state index in [-0.39, 0.29) is 12.1 Å².